The lowest BCUT2D eigenvalue weighted by atomic mass is 9.99. The number of H-pyrrole nitrogens is 1. The van der Waals surface area contributed by atoms with Crippen LogP contribution in [0.2, 0.25) is 0 Å². The van der Waals surface area contributed by atoms with Gasteiger partial charge in [-0.25, -0.2) is 0 Å². The number of aromatic amines is 1. The second-order valence-corrected chi connectivity index (χ2v) is 9.27. The number of piperidine rings is 1. The summed E-state index contributed by atoms with van der Waals surface area (Å²) >= 11 is 0. The Bertz CT molecular complexity index is 964. The molecule has 1 atom stereocenters. The van der Waals surface area contributed by atoms with Gasteiger partial charge in [-0.2, -0.15) is 0 Å². The molecule has 182 valence electrons. The predicted octanol–water partition coefficient (Wildman–Crippen LogP) is 3.33. The molecule has 2 aromatic rings. The van der Waals surface area contributed by atoms with Crippen LogP contribution in [0.4, 0.5) is 0 Å². The summed E-state index contributed by atoms with van der Waals surface area (Å²) in [5.41, 5.74) is 2.01. The molecule has 0 bridgehead atoms. The molecule has 2 heterocycles. The molecule has 7 nitrogen and oxygen atoms in total. The van der Waals surface area contributed by atoms with Crippen molar-refractivity contribution in [3.05, 3.63) is 51.8 Å². The Labute approximate surface area is 196 Å². The van der Waals surface area contributed by atoms with E-state index in [1.54, 1.807) is 12.1 Å². The zero-order chi connectivity index (χ0) is 23.6. The summed E-state index contributed by atoms with van der Waals surface area (Å²) in [6.45, 7) is 10.5. The second-order valence-electron chi connectivity index (χ2n) is 9.27. The van der Waals surface area contributed by atoms with Crippen LogP contribution >= 0.6 is 0 Å². The van der Waals surface area contributed by atoms with Crippen molar-refractivity contribution in [2.45, 2.75) is 45.6 Å². The first kappa shape index (κ1) is 25.4. The number of benzene rings is 1. The van der Waals surface area contributed by atoms with E-state index >= 15 is 0 Å². The van der Waals surface area contributed by atoms with Gasteiger partial charge in [-0.05, 0) is 75.9 Å². The minimum atomic E-state index is -0.742. The molecule has 0 radical (unpaired) electrons. The van der Waals surface area contributed by atoms with Crippen LogP contribution in [-0.2, 0) is 4.74 Å². The molecule has 0 amide bonds. The average molecular weight is 458 g/mol. The van der Waals surface area contributed by atoms with Crippen LogP contribution in [0.15, 0.2) is 40.7 Å². The topological polar surface area (TPSA) is 97.8 Å². The van der Waals surface area contributed by atoms with E-state index in [0.29, 0.717) is 36.2 Å². The molecule has 0 unspecified atom stereocenters. The molecule has 3 rings (SSSR count). The number of hydrogen-bond acceptors (Lipinski definition) is 6. The SMILES string of the molecule is C/C(=C\CCN1CCC(C)CC1)COCCCNC[C@@H](O)c1ccc(O)c2[nH]c(=O)ccc12. The number of rotatable bonds is 12. The van der Waals surface area contributed by atoms with Gasteiger partial charge in [0, 0.05) is 31.1 Å². The number of pyridine rings is 1. The normalized spacial score (nSPS) is 17.0. The van der Waals surface area contributed by atoms with Crippen molar-refractivity contribution >= 4 is 10.9 Å². The predicted molar refractivity (Wildman–Crippen MR) is 133 cm³/mol. The molecule has 1 aromatic heterocycles. The number of aromatic nitrogens is 1. The van der Waals surface area contributed by atoms with Crippen LogP contribution in [0.25, 0.3) is 10.9 Å². The maximum Gasteiger partial charge on any atom is 0.248 e. The molecular weight excluding hydrogens is 418 g/mol. The van der Waals surface area contributed by atoms with Crippen molar-refractivity contribution in [1.82, 2.24) is 15.2 Å². The molecule has 1 saturated heterocycles. The number of nitrogens with zero attached hydrogens (tertiary/aromatic N) is 1. The maximum atomic E-state index is 11.5. The molecule has 0 spiro atoms. The van der Waals surface area contributed by atoms with Gasteiger partial charge in [-0.15, -0.1) is 0 Å². The number of ether oxygens (including phenoxy) is 1. The first-order valence-electron chi connectivity index (χ1n) is 12.1. The zero-order valence-electron chi connectivity index (χ0n) is 20.0. The highest BCUT2D eigenvalue weighted by molar-refractivity contribution is 5.87. The first-order valence-corrected chi connectivity index (χ1v) is 12.1. The summed E-state index contributed by atoms with van der Waals surface area (Å²) in [5, 5.41) is 24.4. The highest BCUT2D eigenvalue weighted by Crippen LogP contribution is 2.28. The summed E-state index contributed by atoms with van der Waals surface area (Å²) in [7, 11) is 0. The fourth-order valence-electron chi connectivity index (χ4n) is 4.27. The quantitative estimate of drug-likeness (QED) is 0.288. The molecule has 1 aromatic carbocycles. The van der Waals surface area contributed by atoms with E-state index in [0.717, 1.165) is 31.8 Å². The molecule has 0 saturated carbocycles. The molecule has 4 N–H and O–H groups in total. The van der Waals surface area contributed by atoms with E-state index in [1.807, 2.05) is 0 Å². The Balaban J connectivity index is 1.29. The zero-order valence-corrected chi connectivity index (χ0v) is 20.0. The fraction of sp³-hybridized carbons (Fsp3) is 0.577. The summed E-state index contributed by atoms with van der Waals surface area (Å²) in [5.74, 6) is 0.874. The lowest BCUT2D eigenvalue weighted by molar-refractivity contribution is 0.147. The van der Waals surface area contributed by atoms with Gasteiger partial charge in [0.05, 0.1) is 18.2 Å². The summed E-state index contributed by atoms with van der Waals surface area (Å²) in [6, 6.07) is 6.20. The van der Waals surface area contributed by atoms with Crippen LogP contribution in [0.3, 0.4) is 0 Å². The summed E-state index contributed by atoms with van der Waals surface area (Å²) in [6.07, 6.45) is 6.14. The van der Waals surface area contributed by atoms with Gasteiger partial charge in [-0.3, -0.25) is 4.79 Å². The van der Waals surface area contributed by atoms with Crippen LogP contribution in [0, 0.1) is 5.92 Å². The van der Waals surface area contributed by atoms with Crippen molar-refractivity contribution < 1.29 is 14.9 Å². The first-order chi connectivity index (χ1) is 15.9. The van der Waals surface area contributed by atoms with Gasteiger partial charge in [0.25, 0.3) is 0 Å². The van der Waals surface area contributed by atoms with E-state index in [-0.39, 0.29) is 11.3 Å². The Morgan fingerprint density at radius 1 is 1.30 bits per heavy atom. The molecular formula is C26H39N3O4. The monoisotopic (exact) mass is 457 g/mol. The Hall–Kier alpha value is -2.19. The Kier molecular flexibility index (Phi) is 9.94. The van der Waals surface area contributed by atoms with Gasteiger partial charge in [-0.1, -0.05) is 24.6 Å². The van der Waals surface area contributed by atoms with Gasteiger partial charge < -0.3 is 30.2 Å². The van der Waals surface area contributed by atoms with Crippen molar-refractivity contribution in [2.24, 2.45) is 5.92 Å². The Morgan fingerprint density at radius 2 is 2.09 bits per heavy atom. The lowest BCUT2D eigenvalue weighted by Crippen LogP contribution is -2.33. The maximum absolute atomic E-state index is 11.5. The third kappa shape index (κ3) is 7.96. The number of likely N-dealkylation sites (tertiary alicyclic amines) is 1. The van der Waals surface area contributed by atoms with E-state index < -0.39 is 6.10 Å². The van der Waals surface area contributed by atoms with E-state index in [2.05, 4.69) is 35.1 Å². The van der Waals surface area contributed by atoms with Gasteiger partial charge in [0.1, 0.15) is 5.75 Å². The van der Waals surface area contributed by atoms with Crippen LogP contribution < -0.4 is 10.9 Å². The minimum absolute atomic E-state index is 0.00534. The van der Waals surface area contributed by atoms with Gasteiger partial charge in [0.15, 0.2) is 0 Å². The van der Waals surface area contributed by atoms with Gasteiger partial charge >= 0.3 is 0 Å². The number of aliphatic hydroxyl groups is 1. The van der Waals surface area contributed by atoms with Gasteiger partial charge in [0.2, 0.25) is 5.56 Å². The third-order valence-electron chi connectivity index (χ3n) is 6.39. The lowest BCUT2D eigenvalue weighted by Gasteiger charge is -2.29. The summed E-state index contributed by atoms with van der Waals surface area (Å²) in [4.78, 5) is 16.7. The van der Waals surface area contributed by atoms with Crippen molar-refractivity contribution in [1.29, 1.82) is 0 Å². The largest absolute Gasteiger partial charge is 0.506 e. The fourth-order valence-corrected chi connectivity index (χ4v) is 4.27. The number of phenols is 1. The molecule has 1 fully saturated rings. The Morgan fingerprint density at radius 3 is 2.88 bits per heavy atom. The summed E-state index contributed by atoms with van der Waals surface area (Å²) < 4.78 is 5.78. The second kappa shape index (κ2) is 12.9. The standard InChI is InChI=1S/C26H39N3O4/c1-19-10-14-29(15-11-19)13-3-5-20(2)18-33-16-4-12-27-17-24(31)21-6-8-23(30)26-22(21)7-9-25(32)28-26/h5-9,19,24,27,30-31H,3-4,10-18H2,1-2H3,(H,28,32)/b20-5+/t24-/m1/s1. The smallest absolute Gasteiger partial charge is 0.248 e. The molecule has 0 aliphatic carbocycles. The van der Waals surface area contributed by atoms with Crippen LogP contribution in [0.1, 0.15) is 51.2 Å². The molecule has 7 heteroatoms. The van der Waals surface area contributed by atoms with E-state index in [1.165, 1.54) is 43.6 Å². The molecule has 1 aliphatic heterocycles. The van der Waals surface area contributed by atoms with E-state index in [9.17, 15) is 15.0 Å². The highest BCUT2D eigenvalue weighted by atomic mass is 16.5. The number of hydrogen-bond donors (Lipinski definition) is 4. The molecule has 33 heavy (non-hydrogen) atoms. The number of fused-ring (bicyclic) bond motifs is 1. The van der Waals surface area contributed by atoms with E-state index in [4.69, 9.17) is 4.74 Å². The highest BCUT2D eigenvalue weighted by Gasteiger charge is 2.15. The minimum Gasteiger partial charge on any atom is -0.506 e. The number of phenolic OH excluding ortho intramolecular Hbond substituents is 1. The average Bonchev–Trinajstić information content (AvgIpc) is 2.80. The number of aliphatic hydroxyl groups excluding tert-OH is 1. The molecule has 1 aliphatic rings. The number of aromatic hydroxyl groups is 1. The van der Waals surface area contributed by atoms with Crippen LogP contribution in [0.5, 0.6) is 5.75 Å². The van der Waals surface area contributed by atoms with Crippen molar-refractivity contribution in [2.75, 3.05) is 45.9 Å². The van der Waals surface area contributed by atoms with Crippen LogP contribution in [-0.4, -0.2) is 66.0 Å². The van der Waals surface area contributed by atoms with Crippen molar-refractivity contribution in [3.8, 4) is 5.75 Å². The number of nitrogens with one attached hydrogen (secondary N) is 2. The third-order valence-corrected chi connectivity index (χ3v) is 6.39. The van der Waals surface area contributed by atoms with Crippen molar-refractivity contribution in [3.63, 3.8) is 0 Å².